The normalized spacial score (nSPS) is 12.2. The highest BCUT2D eigenvalue weighted by atomic mass is 32.1. The third kappa shape index (κ3) is 2.33. The summed E-state index contributed by atoms with van der Waals surface area (Å²) >= 11 is 1.55. The molecule has 0 aliphatic heterocycles. The van der Waals surface area contributed by atoms with E-state index in [0.717, 1.165) is 22.5 Å². The van der Waals surface area contributed by atoms with E-state index in [1.165, 1.54) is 0 Å². The molecule has 2 rings (SSSR count). The van der Waals surface area contributed by atoms with E-state index in [9.17, 15) is 4.79 Å². The maximum atomic E-state index is 12.3. The van der Waals surface area contributed by atoms with Crippen molar-refractivity contribution in [2.75, 3.05) is 0 Å². The van der Waals surface area contributed by atoms with Gasteiger partial charge in [-0.2, -0.15) is 0 Å². The van der Waals surface area contributed by atoms with Gasteiger partial charge in [-0.05, 0) is 25.8 Å². The van der Waals surface area contributed by atoms with E-state index in [0.29, 0.717) is 11.9 Å². The van der Waals surface area contributed by atoms with Crippen LogP contribution in [0, 0.1) is 6.92 Å². The first-order valence-corrected chi connectivity index (χ1v) is 7.05. The summed E-state index contributed by atoms with van der Waals surface area (Å²) in [5.74, 6) is 0. The molecule has 2 aromatic heterocycles. The highest BCUT2D eigenvalue weighted by molar-refractivity contribution is 7.18. The molecule has 0 saturated heterocycles. The van der Waals surface area contributed by atoms with Gasteiger partial charge in [-0.1, -0.05) is 13.8 Å². The Morgan fingerprint density at radius 3 is 2.72 bits per heavy atom. The van der Waals surface area contributed by atoms with Gasteiger partial charge in [-0.15, -0.1) is 11.3 Å². The third-order valence-corrected chi connectivity index (χ3v) is 4.49. The summed E-state index contributed by atoms with van der Waals surface area (Å²) in [6, 6.07) is 1.90. The molecule has 0 amide bonds. The maximum absolute atomic E-state index is 12.3. The lowest BCUT2D eigenvalue weighted by Gasteiger charge is -2.27. The van der Waals surface area contributed by atoms with Crippen molar-refractivity contribution in [1.82, 2.24) is 9.55 Å². The number of thiophene rings is 1. The molecule has 0 aliphatic carbocycles. The maximum Gasteiger partial charge on any atom is 0.262 e. The van der Waals surface area contributed by atoms with Crippen LogP contribution in [0.15, 0.2) is 17.2 Å². The van der Waals surface area contributed by atoms with Crippen LogP contribution in [0.25, 0.3) is 10.2 Å². The summed E-state index contributed by atoms with van der Waals surface area (Å²) in [7, 11) is 0. The first-order chi connectivity index (χ1) is 8.49. The fourth-order valence-corrected chi connectivity index (χ4v) is 2.84. The highest BCUT2D eigenvalue weighted by Crippen LogP contribution is 2.20. The lowest BCUT2D eigenvalue weighted by molar-refractivity contribution is 0.334. The zero-order chi connectivity index (χ0) is 13.3. The van der Waals surface area contributed by atoms with Gasteiger partial charge in [-0.25, -0.2) is 4.98 Å². The topological polar surface area (TPSA) is 60.9 Å². The van der Waals surface area contributed by atoms with Crippen LogP contribution in [0.2, 0.25) is 0 Å². The molecule has 98 valence electrons. The standard InChI is InChI=1S/C13H19N3OS/c1-4-13(14,5-2)7-16-8-15-11-10(12(16)17)6-9(3)18-11/h6,8H,4-5,7,14H2,1-3H3. The van der Waals surface area contributed by atoms with E-state index in [2.05, 4.69) is 18.8 Å². The van der Waals surface area contributed by atoms with Crippen molar-refractivity contribution in [3.63, 3.8) is 0 Å². The van der Waals surface area contributed by atoms with Crippen molar-refractivity contribution in [3.05, 3.63) is 27.6 Å². The lowest BCUT2D eigenvalue weighted by Crippen LogP contribution is -2.45. The fraction of sp³-hybridized carbons (Fsp3) is 0.538. The van der Waals surface area contributed by atoms with Gasteiger partial charge in [0.05, 0.1) is 11.7 Å². The molecule has 0 unspecified atom stereocenters. The van der Waals surface area contributed by atoms with Gasteiger partial charge in [0, 0.05) is 17.0 Å². The van der Waals surface area contributed by atoms with Crippen LogP contribution in [0.3, 0.4) is 0 Å². The van der Waals surface area contributed by atoms with E-state index in [1.54, 1.807) is 22.2 Å². The molecular formula is C13H19N3OS. The molecule has 4 nitrogen and oxygen atoms in total. The van der Waals surface area contributed by atoms with Crippen LogP contribution in [-0.2, 0) is 6.54 Å². The molecule has 2 N–H and O–H groups in total. The van der Waals surface area contributed by atoms with E-state index in [4.69, 9.17) is 5.73 Å². The molecule has 0 aromatic carbocycles. The third-order valence-electron chi connectivity index (χ3n) is 3.53. The SMILES string of the molecule is CCC(N)(CC)Cn1cnc2sc(C)cc2c1=O. The Bertz CT molecular complexity index is 610. The number of rotatable bonds is 4. The Kier molecular flexibility index (Phi) is 3.54. The monoisotopic (exact) mass is 265 g/mol. The Morgan fingerprint density at radius 1 is 1.44 bits per heavy atom. The number of hydrogen-bond acceptors (Lipinski definition) is 4. The van der Waals surface area contributed by atoms with Crippen molar-refractivity contribution in [2.24, 2.45) is 5.73 Å². The molecule has 0 radical (unpaired) electrons. The summed E-state index contributed by atoms with van der Waals surface area (Å²) in [5, 5.41) is 0.703. The first kappa shape index (κ1) is 13.2. The summed E-state index contributed by atoms with van der Waals surface area (Å²) in [6.07, 6.45) is 3.31. The van der Waals surface area contributed by atoms with Crippen LogP contribution in [0.1, 0.15) is 31.6 Å². The number of fused-ring (bicyclic) bond motifs is 1. The van der Waals surface area contributed by atoms with Gasteiger partial charge >= 0.3 is 0 Å². The van der Waals surface area contributed by atoms with Crippen molar-refractivity contribution in [3.8, 4) is 0 Å². The average molecular weight is 265 g/mol. The van der Waals surface area contributed by atoms with Gasteiger partial charge in [-0.3, -0.25) is 9.36 Å². The second-order valence-electron chi connectivity index (χ2n) is 4.82. The van der Waals surface area contributed by atoms with E-state index in [1.807, 2.05) is 13.0 Å². The fourth-order valence-electron chi connectivity index (χ4n) is 2.01. The van der Waals surface area contributed by atoms with Gasteiger partial charge in [0.2, 0.25) is 0 Å². The minimum atomic E-state index is -0.329. The average Bonchev–Trinajstić information content (AvgIpc) is 2.74. The summed E-state index contributed by atoms with van der Waals surface area (Å²) in [6.45, 7) is 6.61. The first-order valence-electron chi connectivity index (χ1n) is 6.23. The number of hydrogen-bond donors (Lipinski definition) is 1. The number of nitrogens with two attached hydrogens (primary N) is 1. The van der Waals surface area contributed by atoms with E-state index >= 15 is 0 Å². The van der Waals surface area contributed by atoms with Crippen LogP contribution >= 0.6 is 11.3 Å². The molecule has 18 heavy (non-hydrogen) atoms. The minimum absolute atomic E-state index is 0.0149. The van der Waals surface area contributed by atoms with Gasteiger partial charge in [0.1, 0.15) is 4.83 Å². The molecule has 2 aromatic rings. The predicted molar refractivity (Wildman–Crippen MR) is 76.1 cm³/mol. The molecule has 0 spiro atoms. The van der Waals surface area contributed by atoms with Crippen molar-refractivity contribution in [1.29, 1.82) is 0 Å². The molecule has 2 heterocycles. The molecule has 0 atom stereocenters. The van der Waals surface area contributed by atoms with Crippen LogP contribution in [0.4, 0.5) is 0 Å². The van der Waals surface area contributed by atoms with Gasteiger partial charge in [0.15, 0.2) is 0 Å². The zero-order valence-electron chi connectivity index (χ0n) is 11.1. The van der Waals surface area contributed by atoms with E-state index in [-0.39, 0.29) is 11.1 Å². The Labute approximate surface area is 110 Å². The second kappa shape index (κ2) is 4.82. The Balaban J connectivity index is 2.46. The largest absolute Gasteiger partial charge is 0.324 e. The highest BCUT2D eigenvalue weighted by Gasteiger charge is 2.22. The van der Waals surface area contributed by atoms with Crippen molar-refractivity contribution < 1.29 is 0 Å². The van der Waals surface area contributed by atoms with Crippen molar-refractivity contribution in [2.45, 2.75) is 45.7 Å². The quantitative estimate of drug-likeness (QED) is 0.922. The van der Waals surface area contributed by atoms with Crippen molar-refractivity contribution >= 4 is 21.6 Å². The minimum Gasteiger partial charge on any atom is -0.324 e. The van der Waals surface area contributed by atoms with Gasteiger partial charge < -0.3 is 5.73 Å². The molecule has 0 aliphatic rings. The summed E-state index contributed by atoms with van der Waals surface area (Å²) < 4.78 is 1.64. The smallest absolute Gasteiger partial charge is 0.262 e. The number of nitrogens with zero attached hydrogens (tertiary/aromatic N) is 2. The molecular weight excluding hydrogens is 246 g/mol. The van der Waals surface area contributed by atoms with E-state index < -0.39 is 0 Å². The Hall–Kier alpha value is -1.20. The second-order valence-corrected chi connectivity index (χ2v) is 6.06. The van der Waals surface area contributed by atoms with Crippen LogP contribution < -0.4 is 11.3 Å². The molecule has 0 bridgehead atoms. The molecule has 5 heteroatoms. The molecule has 0 saturated carbocycles. The lowest BCUT2D eigenvalue weighted by atomic mass is 9.94. The summed E-state index contributed by atoms with van der Waals surface area (Å²) in [4.78, 5) is 18.6. The summed E-state index contributed by atoms with van der Waals surface area (Å²) in [5.41, 5.74) is 5.95. The zero-order valence-corrected chi connectivity index (χ0v) is 11.9. The Morgan fingerprint density at radius 2 is 2.11 bits per heavy atom. The molecule has 0 fully saturated rings. The number of aryl methyl sites for hydroxylation is 1. The predicted octanol–water partition coefficient (Wildman–Crippen LogP) is 2.28. The van der Waals surface area contributed by atoms with Gasteiger partial charge in [0.25, 0.3) is 5.56 Å². The van der Waals surface area contributed by atoms with Crippen LogP contribution in [0.5, 0.6) is 0 Å². The number of aromatic nitrogens is 2. The van der Waals surface area contributed by atoms with Crippen LogP contribution in [-0.4, -0.2) is 15.1 Å².